The van der Waals surface area contributed by atoms with Crippen LogP contribution >= 0.6 is 0 Å². The minimum absolute atomic E-state index is 0.0759. The SMILES string of the molecule is CCOCCCNc1ccc2ncccc2c1[N+](=O)[O-]. The summed E-state index contributed by atoms with van der Waals surface area (Å²) in [5.41, 5.74) is 1.22. The highest BCUT2D eigenvalue weighted by atomic mass is 16.6. The molecule has 0 aliphatic carbocycles. The molecule has 0 unspecified atom stereocenters. The van der Waals surface area contributed by atoms with Crippen molar-refractivity contribution >= 4 is 22.3 Å². The molecular formula is C14H17N3O3. The molecule has 2 rings (SSSR count). The average molecular weight is 275 g/mol. The maximum atomic E-state index is 11.3. The molecule has 0 spiro atoms. The Morgan fingerprint density at radius 1 is 1.40 bits per heavy atom. The largest absolute Gasteiger partial charge is 0.382 e. The number of ether oxygens (including phenoxy) is 1. The molecule has 0 saturated heterocycles. The van der Waals surface area contributed by atoms with Gasteiger partial charge in [0.1, 0.15) is 5.69 Å². The van der Waals surface area contributed by atoms with Crippen LogP contribution in [0.4, 0.5) is 11.4 Å². The third kappa shape index (κ3) is 3.21. The first-order chi connectivity index (χ1) is 9.74. The van der Waals surface area contributed by atoms with E-state index in [-0.39, 0.29) is 10.6 Å². The summed E-state index contributed by atoms with van der Waals surface area (Å²) in [6, 6.07) is 6.90. The summed E-state index contributed by atoms with van der Waals surface area (Å²) in [7, 11) is 0. The van der Waals surface area contributed by atoms with Crippen LogP contribution in [-0.4, -0.2) is 29.7 Å². The van der Waals surface area contributed by atoms with Gasteiger partial charge in [-0.3, -0.25) is 15.1 Å². The molecule has 1 N–H and O–H groups in total. The molecule has 6 heteroatoms. The molecule has 0 bridgehead atoms. The number of nitrogens with one attached hydrogen (secondary N) is 1. The number of hydrogen-bond acceptors (Lipinski definition) is 5. The van der Waals surface area contributed by atoms with Crippen LogP contribution in [0.1, 0.15) is 13.3 Å². The van der Waals surface area contributed by atoms with Crippen molar-refractivity contribution in [3.8, 4) is 0 Å². The van der Waals surface area contributed by atoms with E-state index >= 15 is 0 Å². The van der Waals surface area contributed by atoms with Crippen molar-refractivity contribution in [1.82, 2.24) is 4.98 Å². The number of nitro groups is 1. The van der Waals surface area contributed by atoms with Gasteiger partial charge in [-0.25, -0.2) is 0 Å². The molecule has 0 aliphatic heterocycles. The number of nitrogens with zero attached hydrogens (tertiary/aromatic N) is 2. The fraction of sp³-hybridized carbons (Fsp3) is 0.357. The molecule has 1 heterocycles. The van der Waals surface area contributed by atoms with Gasteiger partial charge in [0, 0.05) is 26.0 Å². The van der Waals surface area contributed by atoms with E-state index in [9.17, 15) is 10.1 Å². The van der Waals surface area contributed by atoms with Crippen molar-refractivity contribution in [2.24, 2.45) is 0 Å². The first kappa shape index (κ1) is 14.2. The molecule has 1 aromatic heterocycles. The minimum Gasteiger partial charge on any atom is -0.382 e. The smallest absolute Gasteiger partial charge is 0.301 e. The number of benzene rings is 1. The van der Waals surface area contributed by atoms with E-state index in [1.165, 1.54) is 0 Å². The van der Waals surface area contributed by atoms with Gasteiger partial charge in [0.05, 0.1) is 15.8 Å². The second kappa shape index (κ2) is 6.81. The molecule has 0 fully saturated rings. The summed E-state index contributed by atoms with van der Waals surface area (Å²) < 4.78 is 5.24. The molecule has 0 aliphatic rings. The maximum Gasteiger partial charge on any atom is 0.301 e. The molecule has 0 saturated carbocycles. The lowest BCUT2D eigenvalue weighted by molar-refractivity contribution is -0.382. The summed E-state index contributed by atoms with van der Waals surface area (Å²) in [5.74, 6) is 0. The predicted molar refractivity (Wildman–Crippen MR) is 78.0 cm³/mol. The van der Waals surface area contributed by atoms with Crippen LogP contribution in [0.2, 0.25) is 0 Å². The summed E-state index contributed by atoms with van der Waals surface area (Å²) in [5, 5.41) is 14.9. The van der Waals surface area contributed by atoms with Gasteiger partial charge >= 0.3 is 5.69 Å². The molecule has 0 amide bonds. The third-order valence-corrected chi connectivity index (χ3v) is 2.92. The Labute approximate surface area is 116 Å². The molecule has 0 radical (unpaired) electrons. The Balaban J connectivity index is 2.20. The highest BCUT2D eigenvalue weighted by molar-refractivity contribution is 5.94. The normalized spacial score (nSPS) is 10.7. The second-order valence-electron chi connectivity index (χ2n) is 4.27. The number of fused-ring (bicyclic) bond motifs is 1. The van der Waals surface area contributed by atoms with Crippen LogP contribution in [0, 0.1) is 10.1 Å². The lowest BCUT2D eigenvalue weighted by atomic mass is 10.1. The van der Waals surface area contributed by atoms with Gasteiger partial charge in [-0.1, -0.05) is 0 Å². The Bertz CT molecular complexity index is 601. The highest BCUT2D eigenvalue weighted by Crippen LogP contribution is 2.32. The lowest BCUT2D eigenvalue weighted by Crippen LogP contribution is -2.07. The van der Waals surface area contributed by atoms with E-state index in [0.29, 0.717) is 36.3 Å². The summed E-state index contributed by atoms with van der Waals surface area (Å²) in [4.78, 5) is 15.1. The number of pyridine rings is 1. The zero-order valence-corrected chi connectivity index (χ0v) is 11.3. The fourth-order valence-corrected chi connectivity index (χ4v) is 2.02. The molecule has 20 heavy (non-hydrogen) atoms. The molecular weight excluding hydrogens is 258 g/mol. The highest BCUT2D eigenvalue weighted by Gasteiger charge is 2.18. The zero-order chi connectivity index (χ0) is 14.4. The number of hydrogen-bond donors (Lipinski definition) is 1. The van der Waals surface area contributed by atoms with Gasteiger partial charge in [-0.2, -0.15) is 0 Å². The monoisotopic (exact) mass is 275 g/mol. The van der Waals surface area contributed by atoms with Crippen molar-refractivity contribution in [3.63, 3.8) is 0 Å². The summed E-state index contributed by atoms with van der Waals surface area (Å²) in [6.07, 6.45) is 2.43. The first-order valence-corrected chi connectivity index (χ1v) is 6.57. The van der Waals surface area contributed by atoms with Crippen molar-refractivity contribution in [2.75, 3.05) is 25.1 Å². The molecule has 106 valence electrons. The average Bonchev–Trinajstić information content (AvgIpc) is 2.46. The molecule has 1 aromatic carbocycles. The van der Waals surface area contributed by atoms with Gasteiger partial charge in [0.2, 0.25) is 0 Å². The topological polar surface area (TPSA) is 77.3 Å². The number of anilines is 1. The van der Waals surface area contributed by atoms with Gasteiger partial charge in [-0.05, 0) is 37.6 Å². The Morgan fingerprint density at radius 2 is 2.25 bits per heavy atom. The van der Waals surface area contributed by atoms with Gasteiger partial charge in [-0.15, -0.1) is 0 Å². The third-order valence-electron chi connectivity index (χ3n) is 2.92. The Hall–Kier alpha value is -2.21. The van der Waals surface area contributed by atoms with Crippen molar-refractivity contribution in [3.05, 3.63) is 40.6 Å². The number of rotatable bonds is 7. The van der Waals surface area contributed by atoms with Gasteiger partial charge in [0.15, 0.2) is 0 Å². The Kier molecular flexibility index (Phi) is 4.84. The quantitative estimate of drug-likeness (QED) is 0.477. The number of aromatic nitrogens is 1. The van der Waals surface area contributed by atoms with Crippen LogP contribution in [0.25, 0.3) is 10.9 Å². The summed E-state index contributed by atoms with van der Waals surface area (Å²) in [6.45, 7) is 3.90. The van der Waals surface area contributed by atoms with E-state index in [2.05, 4.69) is 10.3 Å². The second-order valence-corrected chi connectivity index (χ2v) is 4.27. The predicted octanol–water partition coefficient (Wildman–Crippen LogP) is 2.98. The lowest BCUT2D eigenvalue weighted by Gasteiger charge is -2.08. The maximum absolute atomic E-state index is 11.3. The molecule has 2 aromatic rings. The van der Waals surface area contributed by atoms with E-state index in [0.717, 1.165) is 6.42 Å². The van der Waals surface area contributed by atoms with Gasteiger partial charge < -0.3 is 10.1 Å². The van der Waals surface area contributed by atoms with Crippen molar-refractivity contribution < 1.29 is 9.66 Å². The molecule has 6 nitrogen and oxygen atoms in total. The molecule has 0 atom stereocenters. The van der Waals surface area contributed by atoms with Crippen LogP contribution in [-0.2, 0) is 4.74 Å². The van der Waals surface area contributed by atoms with E-state index in [1.807, 2.05) is 6.92 Å². The fourth-order valence-electron chi connectivity index (χ4n) is 2.02. The van der Waals surface area contributed by atoms with Gasteiger partial charge in [0.25, 0.3) is 0 Å². The van der Waals surface area contributed by atoms with E-state index < -0.39 is 0 Å². The van der Waals surface area contributed by atoms with Crippen LogP contribution < -0.4 is 5.32 Å². The van der Waals surface area contributed by atoms with Crippen LogP contribution in [0.5, 0.6) is 0 Å². The van der Waals surface area contributed by atoms with Crippen LogP contribution in [0.3, 0.4) is 0 Å². The van der Waals surface area contributed by atoms with Crippen molar-refractivity contribution in [1.29, 1.82) is 0 Å². The summed E-state index contributed by atoms with van der Waals surface area (Å²) >= 11 is 0. The number of nitro benzene ring substituents is 1. The zero-order valence-electron chi connectivity index (χ0n) is 11.3. The van der Waals surface area contributed by atoms with E-state index in [1.54, 1.807) is 30.5 Å². The van der Waals surface area contributed by atoms with Crippen molar-refractivity contribution in [2.45, 2.75) is 13.3 Å². The van der Waals surface area contributed by atoms with E-state index in [4.69, 9.17) is 4.74 Å². The minimum atomic E-state index is -0.366. The Morgan fingerprint density at radius 3 is 3.00 bits per heavy atom. The standard InChI is InChI=1S/C14H17N3O3/c1-2-20-10-4-9-16-13-7-6-12-11(5-3-8-15-12)14(13)17(18)19/h3,5-8,16H,2,4,9-10H2,1H3. The first-order valence-electron chi connectivity index (χ1n) is 6.57. The van der Waals surface area contributed by atoms with Crippen LogP contribution in [0.15, 0.2) is 30.5 Å².